The summed E-state index contributed by atoms with van der Waals surface area (Å²) in [5.74, 6) is -1.01. The number of hydrogen-bond acceptors (Lipinski definition) is 3. The van der Waals surface area contributed by atoms with Crippen molar-refractivity contribution in [1.29, 1.82) is 0 Å². The van der Waals surface area contributed by atoms with Crippen LogP contribution in [0.1, 0.15) is 24.2 Å². The van der Waals surface area contributed by atoms with Crippen LogP contribution in [0.15, 0.2) is 46.9 Å². The lowest BCUT2D eigenvalue weighted by Crippen LogP contribution is -2.30. The smallest absolute Gasteiger partial charge is 0.265 e. The molecule has 0 radical (unpaired) electrons. The number of anilines is 1. The van der Waals surface area contributed by atoms with Gasteiger partial charge in [0, 0.05) is 15.7 Å². The Balaban J connectivity index is 2.00. The van der Waals surface area contributed by atoms with E-state index in [0.717, 1.165) is 0 Å². The molecule has 6 heteroatoms. The molecule has 2 aromatic carbocycles. The Labute approximate surface area is 141 Å². The summed E-state index contributed by atoms with van der Waals surface area (Å²) in [6, 6.07) is 10.8. The molecule has 0 aliphatic heterocycles. The summed E-state index contributed by atoms with van der Waals surface area (Å²) in [6.07, 6.45) is -0.877. The predicted octanol–water partition coefficient (Wildman–Crippen LogP) is 4.20. The van der Waals surface area contributed by atoms with E-state index in [2.05, 4.69) is 21.2 Å². The van der Waals surface area contributed by atoms with E-state index >= 15 is 0 Å². The number of carbonyl (C=O) groups is 2. The lowest BCUT2D eigenvalue weighted by molar-refractivity contribution is -0.122. The molecule has 0 aromatic heterocycles. The van der Waals surface area contributed by atoms with E-state index in [1.165, 1.54) is 26.0 Å². The monoisotopic (exact) mass is 379 g/mol. The van der Waals surface area contributed by atoms with Crippen LogP contribution in [-0.2, 0) is 4.79 Å². The predicted molar refractivity (Wildman–Crippen MR) is 89.3 cm³/mol. The van der Waals surface area contributed by atoms with Gasteiger partial charge in [-0.05, 0) is 56.3 Å². The van der Waals surface area contributed by atoms with Gasteiger partial charge in [0.1, 0.15) is 0 Å². The van der Waals surface area contributed by atoms with Crippen molar-refractivity contribution < 1.29 is 18.7 Å². The molecule has 0 aliphatic rings. The summed E-state index contributed by atoms with van der Waals surface area (Å²) in [4.78, 5) is 23.3. The molecular weight excluding hydrogens is 365 g/mol. The van der Waals surface area contributed by atoms with Gasteiger partial charge in [0.2, 0.25) is 0 Å². The number of halogens is 2. The van der Waals surface area contributed by atoms with Crippen LogP contribution in [0.4, 0.5) is 10.1 Å². The van der Waals surface area contributed by atoms with E-state index in [4.69, 9.17) is 4.74 Å². The highest BCUT2D eigenvalue weighted by molar-refractivity contribution is 9.10. The molecule has 0 bridgehead atoms. The number of ketones is 1. The summed E-state index contributed by atoms with van der Waals surface area (Å²) >= 11 is 3.15. The summed E-state index contributed by atoms with van der Waals surface area (Å²) < 4.78 is 19.6. The SMILES string of the molecule is CC(=O)c1ccc(NC(=O)[C@H](C)Oc2ccc(Br)cc2F)cc1. The molecule has 23 heavy (non-hydrogen) atoms. The van der Waals surface area contributed by atoms with Crippen molar-refractivity contribution in [3.8, 4) is 5.75 Å². The molecule has 0 aliphatic carbocycles. The van der Waals surface area contributed by atoms with Crippen LogP contribution >= 0.6 is 15.9 Å². The standard InChI is InChI=1S/C17H15BrFNO3/c1-10(21)12-3-6-14(7-4-12)20-17(22)11(2)23-16-8-5-13(18)9-15(16)19/h3-9,11H,1-2H3,(H,20,22)/t11-/m0/s1. The Morgan fingerprint density at radius 1 is 1.17 bits per heavy atom. The minimum absolute atomic E-state index is 0.00257. The molecule has 0 saturated heterocycles. The Kier molecular flexibility index (Phi) is 5.50. The van der Waals surface area contributed by atoms with Crippen molar-refractivity contribution in [2.75, 3.05) is 5.32 Å². The molecule has 2 aromatic rings. The number of hydrogen-bond donors (Lipinski definition) is 1. The minimum Gasteiger partial charge on any atom is -0.478 e. The van der Waals surface area contributed by atoms with Gasteiger partial charge in [-0.3, -0.25) is 9.59 Å². The summed E-state index contributed by atoms with van der Waals surface area (Å²) in [6.45, 7) is 3.00. The number of carbonyl (C=O) groups excluding carboxylic acids is 2. The molecule has 0 heterocycles. The zero-order valence-corrected chi connectivity index (χ0v) is 14.2. The fraction of sp³-hybridized carbons (Fsp3) is 0.176. The van der Waals surface area contributed by atoms with Crippen molar-refractivity contribution in [2.24, 2.45) is 0 Å². The van der Waals surface area contributed by atoms with Crippen LogP contribution < -0.4 is 10.1 Å². The minimum atomic E-state index is -0.877. The summed E-state index contributed by atoms with van der Waals surface area (Å²) in [7, 11) is 0. The number of Topliss-reactive ketones (excluding diaryl/α,β-unsaturated/α-hetero) is 1. The highest BCUT2D eigenvalue weighted by Crippen LogP contribution is 2.22. The van der Waals surface area contributed by atoms with Gasteiger partial charge < -0.3 is 10.1 Å². The fourth-order valence-corrected chi connectivity index (χ4v) is 2.18. The zero-order chi connectivity index (χ0) is 17.0. The largest absolute Gasteiger partial charge is 0.478 e. The van der Waals surface area contributed by atoms with Crippen molar-refractivity contribution >= 4 is 33.3 Å². The second-order valence-corrected chi connectivity index (χ2v) is 5.87. The molecule has 0 saturated carbocycles. The van der Waals surface area contributed by atoms with Gasteiger partial charge in [-0.15, -0.1) is 0 Å². The molecular formula is C17H15BrFNO3. The highest BCUT2D eigenvalue weighted by Gasteiger charge is 2.17. The maximum absolute atomic E-state index is 13.7. The molecule has 0 fully saturated rings. The van der Waals surface area contributed by atoms with Crippen LogP contribution in [0, 0.1) is 5.82 Å². The van der Waals surface area contributed by atoms with Crippen LogP contribution in [0.2, 0.25) is 0 Å². The maximum Gasteiger partial charge on any atom is 0.265 e. The van der Waals surface area contributed by atoms with Gasteiger partial charge in [-0.25, -0.2) is 4.39 Å². The number of nitrogens with one attached hydrogen (secondary N) is 1. The number of amides is 1. The third kappa shape index (κ3) is 4.63. The van der Waals surface area contributed by atoms with Gasteiger partial charge in [0.05, 0.1) is 0 Å². The molecule has 2 rings (SSSR count). The van der Waals surface area contributed by atoms with E-state index in [1.54, 1.807) is 30.3 Å². The quantitative estimate of drug-likeness (QED) is 0.792. The molecule has 1 amide bonds. The van der Waals surface area contributed by atoms with E-state index in [9.17, 15) is 14.0 Å². The first-order chi connectivity index (χ1) is 10.9. The maximum atomic E-state index is 13.7. The van der Waals surface area contributed by atoms with Crippen molar-refractivity contribution in [3.05, 3.63) is 58.3 Å². The van der Waals surface area contributed by atoms with Crippen molar-refractivity contribution in [2.45, 2.75) is 20.0 Å². The molecule has 0 unspecified atom stereocenters. The van der Waals surface area contributed by atoms with Crippen LogP contribution in [-0.4, -0.2) is 17.8 Å². The Bertz CT molecular complexity index is 731. The van der Waals surface area contributed by atoms with E-state index in [-0.39, 0.29) is 11.5 Å². The second kappa shape index (κ2) is 7.37. The zero-order valence-electron chi connectivity index (χ0n) is 12.6. The lowest BCUT2D eigenvalue weighted by atomic mass is 10.1. The first-order valence-corrected chi connectivity index (χ1v) is 7.69. The first-order valence-electron chi connectivity index (χ1n) is 6.90. The molecule has 1 N–H and O–H groups in total. The molecule has 4 nitrogen and oxygen atoms in total. The number of rotatable bonds is 5. The third-order valence-electron chi connectivity index (χ3n) is 3.13. The average molecular weight is 380 g/mol. The lowest BCUT2D eigenvalue weighted by Gasteiger charge is -2.15. The van der Waals surface area contributed by atoms with Crippen LogP contribution in [0.5, 0.6) is 5.75 Å². The normalized spacial score (nSPS) is 11.7. The Hall–Kier alpha value is -2.21. The average Bonchev–Trinajstić information content (AvgIpc) is 2.50. The topological polar surface area (TPSA) is 55.4 Å². The number of ether oxygens (including phenoxy) is 1. The number of benzene rings is 2. The van der Waals surface area contributed by atoms with Gasteiger partial charge in [-0.2, -0.15) is 0 Å². The molecule has 1 atom stereocenters. The fourth-order valence-electron chi connectivity index (χ4n) is 1.85. The van der Waals surface area contributed by atoms with Crippen molar-refractivity contribution in [3.63, 3.8) is 0 Å². The van der Waals surface area contributed by atoms with E-state index < -0.39 is 17.8 Å². The Morgan fingerprint density at radius 3 is 2.39 bits per heavy atom. The molecule has 120 valence electrons. The summed E-state index contributed by atoms with van der Waals surface area (Å²) in [5, 5.41) is 2.65. The van der Waals surface area contributed by atoms with Crippen molar-refractivity contribution in [1.82, 2.24) is 0 Å². The van der Waals surface area contributed by atoms with Crippen LogP contribution in [0.25, 0.3) is 0 Å². The first kappa shape index (κ1) is 17.1. The Morgan fingerprint density at radius 2 is 1.83 bits per heavy atom. The molecule has 0 spiro atoms. The van der Waals surface area contributed by atoms with Gasteiger partial charge >= 0.3 is 0 Å². The highest BCUT2D eigenvalue weighted by atomic mass is 79.9. The van der Waals surface area contributed by atoms with Crippen LogP contribution in [0.3, 0.4) is 0 Å². The van der Waals surface area contributed by atoms with E-state index in [1.807, 2.05) is 0 Å². The van der Waals surface area contributed by atoms with Gasteiger partial charge in [-0.1, -0.05) is 15.9 Å². The van der Waals surface area contributed by atoms with Gasteiger partial charge in [0.25, 0.3) is 5.91 Å². The van der Waals surface area contributed by atoms with E-state index in [0.29, 0.717) is 15.7 Å². The summed E-state index contributed by atoms with van der Waals surface area (Å²) in [5.41, 5.74) is 1.09. The van der Waals surface area contributed by atoms with Gasteiger partial charge in [0.15, 0.2) is 23.5 Å². The third-order valence-corrected chi connectivity index (χ3v) is 3.62. The second-order valence-electron chi connectivity index (χ2n) is 4.96.